The number of benzene rings is 1. The van der Waals surface area contributed by atoms with E-state index in [-0.39, 0.29) is 11.1 Å². The van der Waals surface area contributed by atoms with Crippen LogP contribution in [0.25, 0.3) is 0 Å². The van der Waals surface area contributed by atoms with Gasteiger partial charge in [-0.25, -0.2) is 9.59 Å². The monoisotopic (exact) mass is 502 g/mol. The average molecular weight is 503 g/mol. The Hall–Kier alpha value is -2.10. The zero-order valence-corrected chi connectivity index (χ0v) is 23.8. The summed E-state index contributed by atoms with van der Waals surface area (Å²) in [6.45, 7) is 9.04. The Balaban J connectivity index is 0.00000131. The van der Waals surface area contributed by atoms with Crippen LogP contribution in [0.4, 0.5) is 0 Å². The van der Waals surface area contributed by atoms with E-state index < -0.39 is 11.9 Å². The van der Waals surface area contributed by atoms with Gasteiger partial charge in [0, 0.05) is 0 Å². The molecule has 1 aromatic rings. The minimum Gasteiger partial charge on any atom is -0.478 e. The fourth-order valence-corrected chi connectivity index (χ4v) is 4.12. The van der Waals surface area contributed by atoms with E-state index in [2.05, 4.69) is 39.8 Å². The minimum atomic E-state index is -1.07. The van der Waals surface area contributed by atoms with Crippen molar-refractivity contribution in [3.63, 3.8) is 0 Å². The molecule has 0 saturated carbocycles. The molecule has 0 aliphatic rings. The normalized spacial score (nSPS) is 10.8. The van der Waals surface area contributed by atoms with Crippen molar-refractivity contribution in [1.82, 2.24) is 0 Å². The van der Waals surface area contributed by atoms with E-state index in [0.29, 0.717) is 13.0 Å². The molecule has 0 radical (unpaired) electrons. The van der Waals surface area contributed by atoms with Gasteiger partial charge in [0.2, 0.25) is 0 Å². The van der Waals surface area contributed by atoms with Crippen molar-refractivity contribution >= 4 is 11.9 Å². The molecule has 0 amide bonds. The summed E-state index contributed by atoms with van der Waals surface area (Å²) in [5.41, 5.74) is 1.09. The quantitative estimate of drug-likeness (QED) is 0.109. The fourth-order valence-electron chi connectivity index (χ4n) is 4.12. The average Bonchev–Trinajstić information content (AvgIpc) is 2.88. The van der Waals surface area contributed by atoms with E-state index >= 15 is 0 Å². The van der Waals surface area contributed by atoms with Crippen LogP contribution in [0.2, 0.25) is 0 Å². The predicted molar refractivity (Wildman–Crippen MR) is 153 cm³/mol. The summed E-state index contributed by atoms with van der Waals surface area (Å²) in [5.74, 6) is -1.57. The second-order valence-corrected chi connectivity index (χ2v) is 9.63. The number of esters is 1. The number of carbonyl (C=O) groups excluding carboxylic acids is 1. The molecule has 0 aromatic heterocycles. The summed E-state index contributed by atoms with van der Waals surface area (Å²) in [4.78, 5) is 24.2. The van der Waals surface area contributed by atoms with Crippen LogP contribution < -0.4 is 0 Å². The standard InChI is InChI=1S/C24H38O4.C8H16/c1-3-5-7-9-11-13-16-20-17-15-18-21(23(25)26)22(20)24(27)28-19-14-12-10-8-6-4-2;1-3-5-7-8-6-4-2/h15,17-18H,3-14,16,19H2,1-2H3,(H,25,26);3,5H,4,6-8H2,1-2H3. The van der Waals surface area contributed by atoms with Gasteiger partial charge in [0.15, 0.2) is 0 Å². The highest BCUT2D eigenvalue weighted by molar-refractivity contribution is 6.03. The molecule has 0 aliphatic heterocycles. The lowest BCUT2D eigenvalue weighted by Crippen LogP contribution is -2.15. The Labute approximate surface area is 221 Å². The number of ether oxygens (including phenoxy) is 1. The number of unbranched alkanes of at least 4 members (excludes halogenated alkanes) is 13. The zero-order valence-electron chi connectivity index (χ0n) is 23.8. The molecule has 0 atom stereocenters. The van der Waals surface area contributed by atoms with E-state index in [4.69, 9.17) is 4.74 Å². The predicted octanol–water partition coefficient (Wildman–Crippen LogP) is 9.95. The van der Waals surface area contributed by atoms with Crippen LogP contribution in [0.15, 0.2) is 30.4 Å². The molecule has 36 heavy (non-hydrogen) atoms. The van der Waals surface area contributed by atoms with Gasteiger partial charge in [-0.05, 0) is 50.7 Å². The molecular weight excluding hydrogens is 448 g/mol. The lowest BCUT2D eigenvalue weighted by molar-refractivity contribution is 0.0486. The molecule has 4 heteroatoms. The van der Waals surface area contributed by atoms with Crippen LogP contribution in [0.5, 0.6) is 0 Å². The van der Waals surface area contributed by atoms with Crippen LogP contribution in [0.3, 0.4) is 0 Å². The van der Waals surface area contributed by atoms with Gasteiger partial charge >= 0.3 is 11.9 Å². The Morgan fingerprint density at radius 3 is 1.92 bits per heavy atom. The van der Waals surface area contributed by atoms with E-state index in [9.17, 15) is 14.7 Å². The Kier molecular flexibility index (Phi) is 23.2. The van der Waals surface area contributed by atoms with Gasteiger partial charge in [-0.15, -0.1) is 0 Å². The lowest BCUT2D eigenvalue weighted by Gasteiger charge is -2.12. The van der Waals surface area contributed by atoms with Crippen LogP contribution in [0, 0.1) is 0 Å². The van der Waals surface area contributed by atoms with E-state index in [1.807, 2.05) is 6.07 Å². The molecular formula is C32H54O4. The van der Waals surface area contributed by atoms with Crippen LogP contribution >= 0.6 is 0 Å². The molecule has 1 N–H and O–H groups in total. The second-order valence-electron chi connectivity index (χ2n) is 9.63. The number of aryl methyl sites for hydroxylation is 1. The van der Waals surface area contributed by atoms with Crippen molar-refractivity contribution in [2.45, 2.75) is 137 Å². The summed E-state index contributed by atoms with van der Waals surface area (Å²) >= 11 is 0. The maximum absolute atomic E-state index is 12.6. The SMILES string of the molecule is CC=CCCCCC.CCCCCCCCOC(=O)c1c(CCCCCCCC)cccc1C(=O)O. The molecule has 0 aliphatic carbocycles. The molecule has 0 saturated heterocycles. The van der Waals surface area contributed by atoms with Gasteiger partial charge in [-0.3, -0.25) is 0 Å². The largest absolute Gasteiger partial charge is 0.478 e. The number of aromatic carboxylic acids is 1. The first kappa shape index (κ1) is 33.9. The highest BCUT2D eigenvalue weighted by atomic mass is 16.5. The van der Waals surface area contributed by atoms with E-state index in [1.54, 1.807) is 6.07 Å². The number of carboxylic acids is 1. The molecule has 4 nitrogen and oxygen atoms in total. The fraction of sp³-hybridized carbons (Fsp3) is 0.688. The first-order valence-corrected chi connectivity index (χ1v) is 14.7. The van der Waals surface area contributed by atoms with Gasteiger partial charge in [0.25, 0.3) is 0 Å². The summed E-state index contributed by atoms with van der Waals surface area (Å²) in [6, 6.07) is 5.08. The van der Waals surface area contributed by atoms with Crippen molar-refractivity contribution < 1.29 is 19.4 Å². The molecule has 206 valence electrons. The highest BCUT2D eigenvalue weighted by Gasteiger charge is 2.21. The van der Waals surface area contributed by atoms with E-state index in [1.165, 1.54) is 76.7 Å². The third-order valence-corrected chi connectivity index (χ3v) is 6.33. The third-order valence-electron chi connectivity index (χ3n) is 6.33. The topological polar surface area (TPSA) is 63.6 Å². The van der Waals surface area contributed by atoms with Crippen molar-refractivity contribution in [1.29, 1.82) is 0 Å². The summed E-state index contributed by atoms with van der Waals surface area (Å²) in [5, 5.41) is 9.49. The number of allylic oxidation sites excluding steroid dienone is 2. The van der Waals surface area contributed by atoms with Gasteiger partial charge in [-0.2, -0.15) is 0 Å². The maximum Gasteiger partial charge on any atom is 0.339 e. The van der Waals surface area contributed by atoms with Crippen molar-refractivity contribution in [3.8, 4) is 0 Å². The number of rotatable bonds is 20. The van der Waals surface area contributed by atoms with Crippen LogP contribution in [0.1, 0.15) is 157 Å². The first-order chi connectivity index (χ1) is 17.5. The van der Waals surface area contributed by atoms with Crippen molar-refractivity contribution in [2.75, 3.05) is 6.61 Å². The molecule has 0 fully saturated rings. The second kappa shape index (κ2) is 24.6. The highest BCUT2D eigenvalue weighted by Crippen LogP contribution is 2.20. The maximum atomic E-state index is 12.6. The molecule has 1 rings (SSSR count). The van der Waals surface area contributed by atoms with Gasteiger partial charge < -0.3 is 9.84 Å². The van der Waals surface area contributed by atoms with Gasteiger partial charge in [0.05, 0.1) is 17.7 Å². The lowest BCUT2D eigenvalue weighted by atomic mass is 9.96. The third kappa shape index (κ3) is 17.3. The number of hydrogen-bond donors (Lipinski definition) is 1. The summed E-state index contributed by atoms with van der Waals surface area (Å²) in [7, 11) is 0. The first-order valence-electron chi connectivity index (χ1n) is 14.7. The van der Waals surface area contributed by atoms with Crippen LogP contribution in [-0.2, 0) is 11.2 Å². The molecule has 0 bridgehead atoms. The summed E-state index contributed by atoms with van der Waals surface area (Å²) in [6.07, 6.45) is 24.1. The van der Waals surface area contributed by atoms with Crippen molar-refractivity contribution in [2.24, 2.45) is 0 Å². The van der Waals surface area contributed by atoms with E-state index in [0.717, 1.165) is 37.7 Å². The van der Waals surface area contributed by atoms with Crippen molar-refractivity contribution in [3.05, 3.63) is 47.0 Å². The van der Waals surface area contributed by atoms with Gasteiger partial charge in [-0.1, -0.05) is 122 Å². The zero-order chi connectivity index (χ0) is 26.9. The number of carboxylic acid groups (broad SMARTS) is 1. The molecule has 0 heterocycles. The van der Waals surface area contributed by atoms with Gasteiger partial charge in [0.1, 0.15) is 0 Å². The molecule has 0 spiro atoms. The molecule has 1 aromatic carbocycles. The summed E-state index contributed by atoms with van der Waals surface area (Å²) < 4.78 is 5.42. The van der Waals surface area contributed by atoms with Crippen LogP contribution in [-0.4, -0.2) is 23.7 Å². The Bertz CT molecular complexity index is 708. The Morgan fingerprint density at radius 1 is 0.778 bits per heavy atom. The smallest absolute Gasteiger partial charge is 0.339 e. The minimum absolute atomic E-state index is 0.0522. The number of carbonyl (C=O) groups is 2. The Morgan fingerprint density at radius 2 is 1.33 bits per heavy atom. The molecule has 0 unspecified atom stereocenters. The number of hydrogen-bond acceptors (Lipinski definition) is 3.